The van der Waals surface area contributed by atoms with Gasteiger partial charge in [0, 0.05) is 13.2 Å². The van der Waals surface area contributed by atoms with Gasteiger partial charge in [0.2, 0.25) is 0 Å². The number of esters is 1. The maximum absolute atomic E-state index is 12.4. The van der Waals surface area contributed by atoms with Gasteiger partial charge in [-0.2, -0.15) is 0 Å². The summed E-state index contributed by atoms with van der Waals surface area (Å²) in [6, 6.07) is 7.85. The van der Waals surface area contributed by atoms with E-state index in [1.54, 1.807) is 0 Å². The van der Waals surface area contributed by atoms with Crippen molar-refractivity contribution in [2.24, 2.45) is 0 Å². The van der Waals surface area contributed by atoms with Gasteiger partial charge in [0.25, 0.3) is 0 Å². The lowest BCUT2D eigenvalue weighted by atomic mass is 9.76. The first-order chi connectivity index (χ1) is 12.2. The topological polar surface area (TPSA) is 48.0 Å². The zero-order valence-corrected chi connectivity index (χ0v) is 15.2. The van der Waals surface area contributed by atoms with Gasteiger partial charge in [-0.1, -0.05) is 12.1 Å². The average Bonchev–Trinajstić information content (AvgIpc) is 3.19. The molecule has 0 N–H and O–H groups in total. The van der Waals surface area contributed by atoms with E-state index in [2.05, 4.69) is 4.90 Å². The maximum atomic E-state index is 12.4. The second-order valence-electron chi connectivity index (χ2n) is 7.00. The van der Waals surface area contributed by atoms with E-state index in [1.807, 2.05) is 24.3 Å². The molecule has 1 aromatic rings. The normalized spacial score (nSPS) is 24.2. The van der Waals surface area contributed by atoms with Gasteiger partial charge in [-0.15, -0.1) is 0 Å². The van der Waals surface area contributed by atoms with Gasteiger partial charge in [0.1, 0.15) is 11.2 Å². The number of methoxy groups -OCH3 is 1. The monoisotopic (exact) mass is 347 g/mol. The third kappa shape index (κ3) is 4.33. The van der Waals surface area contributed by atoms with E-state index in [4.69, 9.17) is 14.2 Å². The molecule has 0 amide bonds. The van der Waals surface area contributed by atoms with Crippen LogP contribution < -0.4 is 4.74 Å². The minimum Gasteiger partial charge on any atom is -0.494 e. The van der Waals surface area contributed by atoms with Crippen molar-refractivity contribution in [3.05, 3.63) is 29.8 Å². The van der Waals surface area contributed by atoms with Crippen LogP contribution in [0.1, 0.15) is 37.7 Å². The third-order valence-electron chi connectivity index (χ3n) is 5.31. The smallest absolute Gasteiger partial charge is 0.318 e. The Hall–Kier alpha value is -1.59. The van der Waals surface area contributed by atoms with Gasteiger partial charge in [0.15, 0.2) is 0 Å². The van der Waals surface area contributed by atoms with E-state index < -0.39 is 5.41 Å². The zero-order valence-electron chi connectivity index (χ0n) is 15.2. The van der Waals surface area contributed by atoms with Crippen molar-refractivity contribution in [2.75, 3.05) is 46.6 Å². The highest BCUT2D eigenvalue weighted by Gasteiger charge is 2.43. The second kappa shape index (κ2) is 8.68. The average molecular weight is 347 g/mol. The highest BCUT2D eigenvalue weighted by molar-refractivity contribution is 5.83. The van der Waals surface area contributed by atoms with E-state index in [9.17, 15) is 4.79 Å². The summed E-state index contributed by atoms with van der Waals surface area (Å²) in [6.07, 6.45) is 5.32. The lowest BCUT2D eigenvalue weighted by Gasteiger charge is -2.34. The molecule has 2 saturated heterocycles. The quantitative estimate of drug-likeness (QED) is 0.561. The fourth-order valence-electron chi connectivity index (χ4n) is 3.85. The van der Waals surface area contributed by atoms with Crippen molar-refractivity contribution in [3.8, 4) is 5.75 Å². The fourth-order valence-corrected chi connectivity index (χ4v) is 3.85. The molecule has 1 unspecified atom stereocenters. The molecule has 0 bridgehead atoms. The van der Waals surface area contributed by atoms with Crippen molar-refractivity contribution in [1.82, 2.24) is 4.90 Å². The van der Waals surface area contributed by atoms with Crippen molar-refractivity contribution in [2.45, 2.75) is 37.5 Å². The van der Waals surface area contributed by atoms with Crippen LogP contribution in [0.2, 0.25) is 0 Å². The number of ether oxygens (including phenoxy) is 3. The third-order valence-corrected chi connectivity index (χ3v) is 5.31. The van der Waals surface area contributed by atoms with Gasteiger partial charge in [0.05, 0.1) is 20.3 Å². The van der Waals surface area contributed by atoms with Crippen molar-refractivity contribution >= 4 is 5.97 Å². The van der Waals surface area contributed by atoms with Gasteiger partial charge in [-0.05, 0) is 62.9 Å². The highest BCUT2D eigenvalue weighted by Crippen LogP contribution is 2.35. The van der Waals surface area contributed by atoms with Crippen LogP contribution in [-0.2, 0) is 19.7 Å². The van der Waals surface area contributed by atoms with Crippen LogP contribution in [0.25, 0.3) is 0 Å². The largest absolute Gasteiger partial charge is 0.494 e. The molecule has 138 valence electrons. The molecule has 0 radical (unpaired) electrons. The number of likely N-dealkylation sites (tertiary alicyclic amines) is 1. The molecule has 25 heavy (non-hydrogen) atoms. The number of carbonyl (C=O) groups is 1. The summed E-state index contributed by atoms with van der Waals surface area (Å²) in [7, 11) is 1.44. The summed E-state index contributed by atoms with van der Waals surface area (Å²) in [5.41, 5.74) is 0.268. The van der Waals surface area contributed by atoms with Gasteiger partial charge >= 0.3 is 5.97 Å². The molecule has 0 aromatic heterocycles. The summed E-state index contributed by atoms with van der Waals surface area (Å²) in [5, 5.41) is 0. The van der Waals surface area contributed by atoms with E-state index in [0.29, 0.717) is 13.2 Å². The van der Waals surface area contributed by atoms with Crippen LogP contribution in [0.4, 0.5) is 0 Å². The predicted molar refractivity (Wildman–Crippen MR) is 96.0 cm³/mol. The molecular weight excluding hydrogens is 318 g/mol. The van der Waals surface area contributed by atoms with Crippen LogP contribution >= 0.6 is 0 Å². The highest BCUT2D eigenvalue weighted by atomic mass is 16.5. The van der Waals surface area contributed by atoms with Crippen molar-refractivity contribution < 1.29 is 19.0 Å². The molecule has 2 aliphatic heterocycles. The standard InChI is InChI=1S/C20H29NO4/c1-23-19(22)20(10-4-14-24-16-20)17-6-8-18(9-7-17)25-15-5-13-21-11-2-3-12-21/h6-9H,2-5,10-16H2,1H3. The Morgan fingerprint density at radius 3 is 2.60 bits per heavy atom. The summed E-state index contributed by atoms with van der Waals surface area (Å²) < 4.78 is 16.5. The summed E-state index contributed by atoms with van der Waals surface area (Å²) in [6.45, 7) is 5.38. The van der Waals surface area contributed by atoms with Crippen LogP contribution in [0.5, 0.6) is 5.75 Å². The Kier molecular flexibility index (Phi) is 6.32. The van der Waals surface area contributed by atoms with Gasteiger partial charge in [-0.25, -0.2) is 0 Å². The second-order valence-corrected chi connectivity index (χ2v) is 7.00. The number of rotatable bonds is 7. The Balaban J connectivity index is 1.55. The molecule has 0 saturated carbocycles. The number of nitrogens with zero attached hydrogens (tertiary/aromatic N) is 1. The SMILES string of the molecule is COC(=O)C1(c2ccc(OCCCN3CCCC3)cc2)CCCOC1. The van der Waals surface area contributed by atoms with Crippen LogP contribution in [0, 0.1) is 0 Å². The summed E-state index contributed by atoms with van der Waals surface area (Å²) in [5.74, 6) is 0.633. The van der Waals surface area contributed by atoms with Gasteiger partial charge in [-0.3, -0.25) is 4.79 Å². The molecule has 1 atom stereocenters. The summed E-state index contributed by atoms with van der Waals surface area (Å²) in [4.78, 5) is 14.9. The molecule has 0 aliphatic carbocycles. The Bertz CT molecular complexity index is 545. The van der Waals surface area contributed by atoms with Crippen molar-refractivity contribution in [3.63, 3.8) is 0 Å². The molecule has 2 heterocycles. The van der Waals surface area contributed by atoms with E-state index >= 15 is 0 Å². The molecule has 3 rings (SSSR count). The van der Waals surface area contributed by atoms with Gasteiger partial charge < -0.3 is 19.1 Å². The van der Waals surface area contributed by atoms with Crippen LogP contribution in [0.3, 0.4) is 0 Å². The molecular formula is C20H29NO4. The molecule has 2 aliphatic rings. The Labute approximate surface area is 150 Å². The lowest BCUT2D eigenvalue weighted by molar-refractivity contribution is -0.153. The molecule has 5 nitrogen and oxygen atoms in total. The van der Waals surface area contributed by atoms with Crippen molar-refractivity contribution in [1.29, 1.82) is 0 Å². The molecule has 0 spiro atoms. The minimum atomic E-state index is -0.679. The zero-order chi connectivity index (χ0) is 17.5. The van der Waals surface area contributed by atoms with E-state index in [1.165, 1.54) is 33.0 Å². The number of hydrogen-bond donors (Lipinski definition) is 0. The minimum absolute atomic E-state index is 0.216. The number of carbonyl (C=O) groups excluding carboxylic acids is 1. The Morgan fingerprint density at radius 2 is 1.96 bits per heavy atom. The van der Waals surface area contributed by atoms with Crippen LogP contribution in [0.15, 0.2) is 24.3 Å². The maximum Gasteiger partial charge on any atom is 0.318 e. The van der Waals surface area contributed by atoms with E-state index in [-0.39, 0.29) is 5.97 Å². The first kappa shape index (κ1) is 18.2. The molecule has 1 aromatic carbocycles. The Morgan fingerprint density at radius 1 is 1.20 bits per heavy atom. The van der Waals surface area contributed by atoms with E-state index in [0.717, 1.165) is 43.7 Å². The molecule has 2 fully saturated rings. The predicted octanol–water partition coefficient (Wildman–Crippen LogP) is 2.77. The lowest BCUT2D eigenvalue weighted by Crippen LogP contribution is -2.44. The molecule has 5 heteroatoms. The first-order valence-electron chi connectivity index (χ1n) is 9.36. The number of benzene rings is 1. The summed E-state index contributed by atoms with van der Waals surface area (Å²) >= 11 is 0. The first-order valence-corrected chi connectivity index (χ1v) is 9.36. The number of hydrogen-bond acceptors (Lipinski definition) is 5. The fraction of sp³-hybridized carbons (Fsp3) is 0.650. The van der Waals surface area contributed by atoms with Crippen LogP contribution in [-0.4, -0.2) is 57.4 Å².